The molecular formula is C4H8N2O. The van der Waals surface area contributed by atoms with Crippen LogP contribution >= 0.6 is 0 Å². The summed E-state index contributed by atoms with van der Waals surface area (Å²) in [5.41, 5.74) is 5.30. The van der Waals surface area contributed by atoms with Gasteiger partial charge in [0, 0.05) is 6.42 Å². The SMILES string of the molecule is NC1=NCOCC1. The number of ether oxygens (including phenoxy) is 1. The van der Waals surface area contributed by atoms with Gasteiger partial charge in [-0.1, -0.05) is 0 Å². The Morgan fingerprint density at radius 3 is 2.86 bits per heavy atom. The smallest absolute Gasteiger partial charge is 0.139 e. The number of nitrogens with zero attached hydrogens (tertiary/aromatic N) is 1. The van der Waals surface area contributed by atoms with E-state index < -0.39 is 0 Å². The summed E-state index contributed by atoms with van der Waals surface area (Å²) in [4.78, 5) is 3.80. The second-order valence-corrected chi connectivity index (χ2v) is 1.44. The molecule has 1 heterocycles. The third-order valence-corrected chi connectivity index (χ3v) is 0.861. The van der Waals surface area contributed by atoms with Crippen LogP contribution in [0.4, 0.5) is 0 Å². The van der Waals surface area contributed by atoms with Crippen molar-refractivity contribution in [1.29, 1.82) is 0 Å². The van der Waals surface area contributed by atoms with E-state index in [2.05, 4.69) is 4.99 Å². The molecular weight excluding hydrogens is 92.1 g/mol. The molecule has 1 aliphatic rings. The molecule has 40 valence electrons. The highest BCUT2D eigenvalue weighted by Crippen LogP contribution is 1.90. The van der Waals surface area contributed by atoms with E-state index in [4.69, 9.17) is 10.5 Å². The van der Waals surface area contributed by atoms with Gasteiger partial charge in [0.1, 0.15) is 6.73 Å². The van der Waals surface area contributed by atoms with Crippen LogP contribution in [0.5, 0.6) is 0 Å². The fourth-order valence-electron chi connectivity index (χ4n) is 0.449. The van der Waals surface area contributed by atoms with Crippen molar-refractivity contribution < 1.29 is 4.74 Å². The molecule has 0 saturated carbocycles. The van der Waals surface area contributed by atoms with Crippen LogP contribution in [0.25, 0.3) is 0 Å². The molecule has 0 fully saturated rings. The number of aliphatic imine (C=N–C) groups is 1. The summed E-state index contributed by atoms with van der Waals surface area (Å²) in [6.45, 7) is 1.18. The standard InChI is InChI=1S/C4H8N2O/c5-4-1-2-7-3-6-4/h1-3H2,(H2,5,6). The summed E-state index contributed by atoms with van der Waals surface area (Å²) < 4.78 is 4.87. The minimum Gasteiger partial charge on any atom is -0.387 e. The Bertz CT molecular complexity index is 89.7. The number of nitrogens with two attached hydrogens (primary N) is 1. The Labute approximate surface area is 42.2 Å². The van der Waals surface area contributed by atoms with Crippen LogP contribution in [0, 0.1) is 0 Å². The maximum Gasteiger partial charge on any atom is 0.139 e. The van der Waals surface area contributed by atoms with Gasteiger partial charge in [-0.25, -0.2) is 4.99 Å². The molecule has 0 aromatic rings. The summed E-state index contributed by atoms with van der Waals surface area (Å²) in [5.74, 6) is 0.714. The molecule has 0 aromatic carbocycles. The second-order valence-electron chi connectivity index (χ2n) is 1.44. The quantitative estimate of drug-likeness (QED) is 0.455. The maximum atomic E-state index is 5.30. The number of hydrogen-bond acceptors (Lipinski definition) is 3. The third-order valence-electron chi connectivity index (χ3n) is 0.861. The summed E-state index contributed by atoms with van der Waals surface area (Å²) in [6.07, 6.45) is 0.792. The molecule has 3 heteroatoms. The van der Waals surface area contributed by atoms with Gasteiger partial charge in [0.05, 0.1) is 12.4 Å². The van der Waals surface area contributed by atoms with E-state index in [0.29, 0.717) is 12.6 Å². The monoisotopic (exact) mass is 100 g/mol. The Kier molecular flexibility index (Phi) is 1.26. The van der Waals surface area contributed by atoms with Crippen LogP contribution in [0.3, 0.4) is 0 Å². The molecule has 1 aliphatic heterocycles. The van der Waals surface area contributed by atoms with Crippen molar-refractivity contribution in [3.05, 3.63) is 0 Å². The van der Waals surface area contributed by atoms with E-state index in [1.807, 2.05) is 0 Å². The lowest BCUT2D eigenvalue weighted by molar-refractivity contribution is 0.139. The summed E-state index contributed by atoms with van der Waals surface area (Å²) in [5, 5.41) is 0. The summed E-state index contributed by atoms with van der Waals surface area (Å²) >= 11 is 0. The van der Waals surface area contributed by atoms with Gasteiger partial charge in [-0.05, 0) is 0 Å². The van der Waals surface area contributed by atoms with E-state index in [9.17, 15) is 0 Å². The fraction of sp³-hybridized carbons (Fsp3) is 0.750. The highest BCUT2D eigenvalue weighted by atomic mass is 16.5. The molecule has 0 spiro atoms. The van der Waals surface area contributed by atoms with E-state index in [-0.39, 0.29) is 0 Å². The molecule has 3 nitrogen and oxygen atoms in total. The Hall–Kier alpha value is -0.570. The van der Waals surface area contributed by atoms with Crippen LogP contribution in [0.15, 0.2) is 4.99 Å². The van der Waals surface area contributed by atoms with Gasteiger partial charge in [-0.2, -0.15) is 0 Å². The van der Waals surface area contributed by atoms with Crippen molar-refractivity contribution in [3.63, 3.8) is 0 Å². The molecule has 0 aromatic heterocycles. The van der Waals surface area contributed by atoms with Gasteiger partial charge in [0.15, 0.2) is 0 Å². The number of amidine groups is 1. The first-order chi connectivity index (χ1) is 3.39. The molecule has 0 bridgehead atoms. The van der Waals surface area contributed by atoms with Gasteiger partial charge in [0.25, 0.3) is 0 Å². The fourth-order valence-corrected chi connectivity index (χ4v) is 0.449. The lowest BCUT2D eigenvalue weighted by Crippen LogP contribution is -2.19. The normalized spacial score (nSPS) is 21.4. The van der Waals surface area contributed by atoms with Gasteiger partial charge in [0.2, 0.25) is 0 Å². The third kappa shape index (κ3) is 1.16. The van der Waals surface area contributed by atoms with Crippen molar-refractivity contribution in [1.82, 2.24) is 0 Å². The molecule has 1 rings (SSSR count). The molecule has 0 saturated heterocycles. The zero-order valence-electron chi connectivity index (χ0n) is 4.05. The number of hydrogen-bond donors (Lipinski definition) is 1. The zero-order chi connectivity index (χ0) is 5.11. The lowest BCUT2D eigenvalue weighted by Gasteiger charge is -2.06. The van der Waals surface area contributed by atoms with Crippen LogP contribution < -0.4 is 5.73 Å². The Balaban J connectivity index is 2.40. The number of rotatable bonds is 0. The first-order valence-electron chi connectivity index (χ1n) is 2.26. The molecule has 0 unspecified atom stereocenters. The van der Waals surface area contributed by atoms with Crippen molar-refractivity contribution in [2.24, 2.45) is 10.7 Å². The van der Waals surface area contributed by atoms with Crippen LogP contribution in [-0.2, 0) is 4.74 Å². The van der Waals surface area contributed by atoms with Crippen molar-refractivity contribution in [2.75, 3.05) is 13.3 Å². The topological polar surface area (TPSA) is 47.6 Å². The molecule has 0 radical (unpaired) electrons. The van der Waals surface area contributed by atoms with E-state index in [1.165, 1.54) is 0 Å². The Morgan fingerprint density at radius 2 is 2.57 bits per heavy atom. The molecule has 0 atom stereocenters. The van der Waals surface area contributed by atoms with Gasteiger partial charge in [-0.3, -0.25) is 0 Å². The average Bonchev–Trinajstić information content (AvgIpc) is 1.69. The highest BCUT2D eigenvalue weighted by Gasteiger charge is 1.96. The Morgan fingerprint density at radius 1 is 1.71 bits per heavy atom. The largest absolute Gasteiger partial charge is 0.387 e. The van der Waals surface area contributed by atoms with Crippen molar-refractivity contribution >= 4 is 5.84 Å². The molecule has 2 N–H and O–H groups in total. The van der Waals surface area contributed by atoms with Gasteiger partial charge < -0.3 is 10.5 Å². The minimum atomic E-state index is 0.450. The predicted octanol–water partition coefficient (Wildman–Crippen LogP) is -0.279. The highest BCUT2D eigenvalue weighted by molar-refractivity contribution is 5.80. The molecule has 7 heavy (non-hydrogen) atoms. The average molecular weight is 100 g/mol. The van der Waals surface area contributed by atoms with Crippen LogP contribution in [0.1, 0.15) is 6.42 Å². The lowest BCUT2D eigenvalue weighted by atomic mass is 10.4. The first kappa shape index (κ1) is 4.59. The van der Waals surface area contributed by atoms with Crippen LogP contribution in [0.2, 0.25) is 0 Å². The minimum absolute atomic E-state index is 0.450. The van der Waals surface area contributed by atoms with E-state index in [0.717, 1.165) is 13.0 Å². The zero-order valence-corrected chi connectivity index (χ0v) is 4.05. The van der Waals surface area contributed by atoms with Crippen LogP contribution in [-0.4, -0.2) is 19.2 Å². The van der Waals surface area contributed by atoms with E-state index >= 15 is 0 Å². The van der Waals surface area contributed by atoms with Gasteiger partial charge in [-0.15, -0.1) is 0 Å². The summed E-state index contributed by atoms with van der Waals surface area (Å²) in [7, 11) is 0. The summed E-state index contributed by atoms with van der Waals surface area (Å²) in [6, 6.07) is 0. The predicted molar refractivity (Wildman–Crippen MR) is 27.1 cm³/mol. The van der Waals surface area contributed by atoms with Crippen molar-refractivity contribution in [2.45, 2.75) is 6.42 Å². The first-order valence-corrected chi connectivity index (χ1v) is 2.26. The van der Waals surface area contributed by atoms with E-state index in [1.54, 1.807) is 0 Å². The molecule has 0 amide bonds. The second kappa shape index (κ2) is 1.93. The maximum absolute atomic E-state index is 5.30. The molecule has 0 aliphatic carbocycles. The van der Waals surface area contributed by atoms with Crippen molar-refractivity contribution in [3.8, 4) is 0 Å². The van der Waals surface area contributed by atoms with Gasteiger partial charge >= 0.3 is 0 Å².